The van der Waals surface area contributed by atoms with Gasteiger partial charge in [0.05, 0.1) is 48.8 Å². The van der Waals surface area contributed by atoms with Crippen molar-refractivity contribution in [2.45, 2.75) is 0 Å². The zero-order chi connectivity index (χ0) is 90.7. The maximum atomic E-state index is 6.59. The summed E-state index contributed by atoms with van der Waals surface area (Å²) in [5.41, 5.74) is 17.6. The second-order valence-electron chi connectivity index (χ2n) is 37.4. The molecule has 36 aromatic rings. The van der Waals surface area contributed by atoms with Crippen molar-refractivity contribution in [3.05, 3.63) is 413 Å². The van der Waals surface area contributed by atoms with E-state index in [-0.39, 0.29) is 0 Å². The summed E-state index contributed by atoms with van der Waals surface area (Å²) in [5.74, 6) is 0. The van der Waals surface area contributed by atoms with Crippen LogP contribution in [0.25, 0.3) is 320 Å². The normalized spacial score (nSPS) is 12.6. The number of para-hydroxylation sites is 4. The standard InChI is InChI=1S/4C32H17NOS/c1-2-8-19-18(7-1)17-33-25-16-29-23(20-9-4-6-12-28(20)35-29)15-24(25)30-22(32(19)33)13-14-27-31(30)21-10-3-5-11-26(21)34-27;1-2-8-19-18(7-1)17-33-31(19)22-13-15-25-29(20-9-3-5-11-24(20)34-25)28(22)23-14-16-27-30(32(23)33)21-10-4-6-12-26(21)35-27;1-2-8-19-18(7-1)17-33-29(19)24-15-13-22-20-9-3-5-11-26(20)34-31(22)28(24)25-16-14-23-21-10-4-6-12-27(21)35-32(23)30(25)33;1-2-8-19-18(7-1)17-33-26-16-29-24(21-10-4-6-12-28(21)35-29)15-25(26)30-23(31(19)33)14-13-22-20-9-3-5-11-27(20)34-32(22)30/h4*1-17H. The Bertz CT molecular complexity index is 11900. The van der Waals surface area contributed by atoms with Gasteiger partial charge in [0.25, 0.3) is 0 Å². The molecular formula is C128H68N4O4S4. The van der Waals surface area contributed by atoms with E-state index in [1.54, 1.807) is 0 Å². The van der Waals surface area contributed by atoms with E-state index in [0.717, 1.165) is 44.7 Å². The third-order valence-corrected chi connectivity index (χ3v) is 34.8. The van der Waals surface area contributed by atoms with E-state index >= 15 is 0 Å². The Labute approximate surface area is 807 Å². The number of hydrogen-bond acceptors (Lipinski definition) is 8. The highest BCUT2D eigenvalue weighted by atomic mass is 32.1. The molecule has 0 amide bonds. The summed E-state index contributed by atoms with van der Waals surface area (Å²) in [4.78, 5) is 0. The third kappa shape index (κ3) is 10.3. The Balaban J connectivity index is 0.0000000829. The molecule has 0 fully saturated rings. The predicted molar refractivity (Wildman–Crippen MR) is 600 cm³/mol. The van der Waals surface area contributed by atoms with Crippen LogP contribution in [0.4, 0.5) is 0 Å². The topological polar surface area (TPSA) is 70.2 Å². The maximum Gasteiger partial charge on any atom is 0.144 e. The number of rotatable bonds is 0. The number of furan rings is 4. The Morgan fingerprint density at radius 3 is 0.943 bits per heavy atom. The summed E-state index contributed by atoms with van der Waals surface area (Å²) in [6.07, 6.45) is 9.20. The molecule has 16 heterocycles. The van der Waals surface area contributed by atoms with Crippen LogP contribution < -0.4 is 0 Å². The molecule has 0 spiro atoms. The number of aromatic nitrogens is 4. The van der Waals surface area contributed by atoms with Gasteiger partial charge in [0.2, 0.25) is 0 Å². The number of thiophene rings is 4. The Morgan fingerprint density at radius 1 is 0.150 bits per heavy atom. The van der Waals surface area contributed by atoms with Crippen LogP contribution in [0.1, 0.15) is 0 Å². The SMILES string of the molecule is c1ccc2c(c1)cn1c2c2ccc3c4ccccc4oc3c2c2ccc3c4ccccc4sc3c21.c1ccc2c(c1)cn1c2c2ccc3oc4ccccc4c3c2c2ccc3sc4ccccc4c3c21.c1ccc2c(c1)cn1c3cc4sc5ccccc5c4cc3c3c(ccc4c5ccccc5oc43)c21.c1ccc2c(c1)cn1c3cc4sc5ccccc5c4cc3c3c(ccc4oc5ccccc5c43)c21. The van der Waals surface area contributed by atoms with Gasteiger partial charge in [-0.15, -0.1) is 45.3 Å². The van der Waals surface area contributed by atoms with E-state index in [9.17, 15) is 0 Å². The van der Waals surface area contributed by atoms with Gasteiger partial charge in [-0.2, -0.15) is 0 Å². The molecule has 12 heteroatoms. The summed E-state index contributed by atoms with van der Waals surface area (Å²) < 4.78 is 46.1. The minimum absolute atomic E-state index is 0.935. The van der Waals surface area contributed by atoms with Crippen LogP contribution in [0.5, 0.6) is 0 Å². The smallest absolute Gasteiger partial charge is 0.144 e. The van der Waals surface area contributed by atoms with Crippen molar-refractivity contribution < 1.29 is 17.7 Å². The molecular weight excluding hydrogens is 1790 g/mol. The summed E-state index contributed by atoms with van der Waals surface area (Å²) in [7, 11) is 0. The van der Waals surface area contributed by atoms with Gasteiger partial charge >= 0.3 is 0 Å². The fourth-order valence-corrected chi connectivity index (χ4v) is 28.9. The van der Waals surface area contributed by atoms with Crippen molar-refractivity contribution in [3.63, 3.8) is 0 Å². The van der Waals surface area contributed by atoms with Gasteiger partial charge in [0.15, 0.2) is 0 Å². The minimum Gasteiger partial charge on any atom is -0.456 e. The molecule has 20 aromatic carbocycles. The fraction of sp³-hybridized carbons (Fsp3) is 0. The molecule has 0 bridgehead atoms. The van der Waals surface area contributed by atoms with Crippen molar-refractivity contribution in [3.8, 4) is 0 Å². The van der Waals surface area contributed by atoms with E-state index in [1.165, 1.54) is 276 Å². The van der Waals surface area contributed by atoms with Crippen LogP contribution in [-0.2, 0) is 0 Å². The zero-order valence-corrected chi connectivity index (χ0v) is 77.6. The molecule has 0 saturated heterocycles. The monoisotopic (exact) mass is 1850 g/mol. The van der Waals surface area contributed by atoms with E-state index in [1.807, 2.05) is 69.6 Å². The number of fused-ring (bicyclic) bond motifs is 62. The molecule has 648 valence electrons. The lowest BCUT2D eigenvalue weighted by molar-refractivity contribution is 0.669. The number of hydrogen-bond donors (Lipinski definition) is 0. The first-order valence-corrected chi connectivity index (χ1v) is 50.7. The first kappa shape index (κ1) is 75.9. The summed E-state index contributed by atoms with van der Waals surface area (Å²) in [6.45, 7) is 0. The van der Waals surface area contributed by atoms with Crippen LogP contribution in [0.2, 0.25) is 0 Å². The van der Waals surface area contributed by atoms with Crippen LogP contribution in [-0.4, -0.2) is 17.6 Å². The zero-order valence-electron chi connectivity index (χ0n) is 74.3. The highest BCUT2D eigenvalue weighted by Crippen LogP contribution is 2.53. The van der Waals surface area contributed by atoms with Gasteiger partial charge in [-0.3, -0.25) is 0 Å². The lowest BCUT2D eigenvalue weighted by Crippen LogP contribution is -1.91. The first-order valence-electron chi connectivity index (χ1n) is 47.4. The number of nitrogens with zero attached hydrogens (tertiary/aromatic N) is 4. The van der Waals surface area contributed by atoms with E-state index < -0.39 is 0 Å². The van der Waals surface area contributed by atoms with E-state index in [0.29, 0.717) is 0 Å². The molecule has 0 atom stereocenters. The van der Waals surface area contributed by atoms with Crippen LogP contribution in [0.15, 0.2) is 431 Å². The van der Waals surface area contributed by atoms with E-state index in [4.69, 9.17) is 17.7 Å². The molecule has 0 unspecified atom stereocenters. The predicted octanol–water partition coefficient (Wildman–Crippen LogP) is 38.7. The molecule has 0 aliphatic rings. The quantitative estimate of drug-likeness (QED) is 0.142. The minimum atomic E-state index is 0.935. The summed E-state index contributed by atoms with van der Waals surface area (Å²) in [5, 5.41) is 45.0. The van der Waals surface area contributed by atoms with Crippen molar-refractivity contribution in [2.75, 3.05) is 0 Å². The second-order valence-corrected chi connectivity index (χ2v) is 41.7. The lowest BCUT2D eigenvalue weighted by atomic mass is 9.97. The molecule has 0 radical (unpaired) electrons. The molecule has 140 heavy (non-hydrogen) atoms. The fourth-order valence-electron chi connectivity index (χ4n) is 24.3. The maximum absolute atomic E-state index is 6.59. The van der Waals surface area contributed by atoms with Gasteiger partial charge in [-0.05, 0) is 115 Å². The molecule has 0 aliphatic heterocycles. The van der Waals surface area contributed by atoms with Gasteiger partial charge in [-0.1, -0.05) is 273 Å². The molecule has 36 rings (SSSR count). The number of benzene rings is 20. The van der Waals surface area contributed by atoms with Crippen molar-refractivity contribution in [1.29, 1.82) is 0 Å². The van der Waals surface area contributed by atoms with Crippen LogP contribution >= 0.6 is 45.3 Å². The van der Waals surface area contributed by atoms with Crippen molar-refractivity contribution in [2.24, 2.45) is 0 Å². The number of pyridine rings is 4. The molecule has 0 saturated carbocycles. The second kappa shape index (κ2) is 28.2. The lowest BCUT2D eigenvalue weighted by Gasteiger charge is -2.12. The Hall–Kier alpha value is -17.4. The molecule has 16 aromatic heterocycles. The summed E-state index contributed by atoms with van der Waals surface area (Å²) >= 11 is 7.50. The van der Waals surface area contributed by atoms with Crippen LogP contribution in [0, 0.1) is 0 Å². The van der Waals surface area contributed by atoms with Gasteiger partial charge in [-0.25, -0.2) is 0 Å². The Kier molecular flexibility index (Phi) is 15.3. The Morgan fingerprint density at radius 2 is 0.457 bits per heavy atom. The van der Waals surface area contributed by atoms with Crippen molar-refractivity contribution in [1.82, 2.24) is 17.6 Å². The molecule has 0 N–H and O–H groups in total. The van der Waals surface area contributed by atoms with Crippen molar-refractivity contribution >= 4 is 366 Å². The summed E-state index contributed by atoms with van der Waals surface area (Å²) in [6, 6.07) is 140. The van der Waals surface area contributed by atoms with E-state index in [2.05, 4.69) is 406 Å². The average molecular weight is 1850 g/mol. The largest absolute Gasteiger partial charge is 0.456 e. The average Bonchev–Trinajstić information content (AvgIpc) is 1.59. The highest BCUT2D eigenvalue weighted by molar-refractivity contribution is 7.27. The highest BCUT2D eigenvalue weighted by Gasteiger charge is 2.28. The van der Waals surface area contributed by atoms with Gasteiger partial charge in [0.1, 0.15) is 44.7 Å². The first-order chi connectivity index (χ1) is 69.4. The van der Waals surface area contributed by atoms with Crippen LogP contribution in [0.3, 0.4) is 0 Å². The van der Waals surface area contributed by atoms with Gasteiger partial charge in [0, 0.05) is 252 Å². The molecule has 0 aliphatic carbocycles. The van der Waals surface area contributed by atoms with Gasteiger partial charge < -0.3 is 35.3 Å². The third-order valence-electron chi connectivity index (χ3n) is 30.2. The molecule has 8 nitrogen and oxygen atoms in total.